The number of nitrogens with zero attached hydrogens (tertiary/aromatic N) is 2. The monoisotopic (exact) mass is 513 g/mol. The highest BCUT2D eigenvalue weighted by atomic mass is 32.2. The van der Waals surface area contributed by atoms with E-state index in [2.05, 4.69) is 32.9 Å². The second-order valence-electron chi connectivity index (χ2n) is 8.21. The number of benzene rings is 2. The molecule has 0 aliphatic carbocycles. The molecule has 2 aromatic carbocycles. The Bertz CT molecular complexity index is 1050. The van der Waals surface area contributed by atoms with E-state index < -0.39 is 0 Å². The molecule has 35 heavy (non-hydrogen) atoms. The fourth-order valence-electron chi connectivity index (χ4n) is 3.12. The zero-order valence-electron chi connectivity index (χ0n) is 21.1. The Hall–Kier alpha value is -2.52. The number of anilines is 1. The van der Waals surface area contributed by atoms with Crippen LogP contribution in [0, 0.1) is 28.6 Å². The number of para-hydroxylation sites is 1. The average molecular weight is 514 g/mol. The maximum Gasteiger partial charge on any atom is 0.153 e. The topological polar surface area (TPSA) is 101 Å². The lowest BCUT2D eigenvalue weighted by Gasteiger charge is -2.22. The van der Waals surface area contributed by atoms with Gasteiger partial charge in [-0.15, -0.1) is 11.8 Å². The number of nitrogen functional groups attached to an aromatic ring is 1. The Morgan fingerprint density at radius 1 is 0.943 bits per heavy atom. The molecule has 0 fully saturated rings. The van der Waals surface area contributed by atoms with Gasteiger partial charge in [-0.25, -0.2) is 0 Å². The molecule has 0 heterocycles. The molecule has 0 radical (unpaired) electrons. The zero-order chi connectivity index (χ0) is 25.6. The van der Waals surface area contributed by atoms with Gasteiger partial charge in [-0.05, 0) is 37.8 Å². The third kappa shape index (κ3) is 8.28. The maximum atomic E-state index is 10.1. The first-order valence-corrected chi connectivity index (χ1v) is 13.8. The first kappa shape index (κ1) is 28.7. The summed E-state index contributed by atoms with van der Waals surface area (Å²) in [5, 5.41) is 20.2. The predicted octanol–water partition coefficient (Wildman–Crippen LogP) is 6.90. The molecule has 0 bridgehead atoms. The van der Waals surface area contributed by atoms with Gasteiger partial charge in [-0.3, -0.25) is 0 Å². The standard InChI is InChI=1S/C27H35N3O3S2/c1-5-7-13-32-25-21(18-29)20(17-28)24(33-14-12-19(3)4)26(34-16-15-31-6-2)27(25)35-23-11-9-8-10-22(23)30/h8-11,19H,5-7,12-16,30H2,1-4H3. The molecular weight excluding hydrogens is 478 g/mol. The quantitative estimate of drug-likeness (QED) is 0.156. The number of hydrogen-bond acceptors (Lipinski definition) is 8. The molecule has 2 aromatic rings. The van der Waals surface area contributed by atoms with Crippen molar-refractivity contribution in [3.05, 3.63) is 35.4 Å². The summed E-state index contributed by atoms with van der Waals surface area (Å²) < 4.78 is 18.0. The van der Waals surface area contributed by atoms with Gasteiger partial charge in [0.05, 0.1) is 29.6 Å². The molecule has 0 unspecified atom stereocenters. The lowest BCUT2D eigenvalue weighted by Crippen LogP contribution is -2.09. The molecule has 0 amide bonds. The first-order chi connectivity index (χ1) is 17.0. The molecule has 0 aromatic heterocycles. The minimum atomic E-state index is 0.203. The number of ether oxygens (including phenoxy) is 3. The van der Waals surface area contributed by atoms with Crippen LogP contribution in [0.15, 0.2) is 39.0 Å². The van der Waals surface area contributed by atoms with E-state index in [0.29, 0.717) is 55.3 Å². The maximum absolute atomic E-state index is 10.1. The molecule has 0 saturated heterocycles. The second kappa shape index (κ2) is 15.5. The van der Waals surface area contributed by atoms with Crippen LogP contribution in [0.4, 0.5) is 5.69 Å². The van der Waals surface area contributed by atoms with Crippen molar-refractivity contribution in [2.75, 3.05) is 37.9 Å². The van der Waals surface area contributed by atoms with Crippen LogP contribution in [-0.2, 0) is 4.74 Å². The number of nitrogens with two attached hydrogens (primary N) is 1. The van der Waals surface area contributed by atoms with Crippen LogP contribution in [0.3, 0.4) is 0 Å². The SMILES string of the molecule is CCCCOc1c(C#N)c(C#N)c(OCCC(C)C)c(SCCOCC)c1Sc1ccccc1N. The van der Waals surface area contributed by atoms with Crippen molar-refractivity contribution in [3.8, 4) is 23.6 Å². The van der Waals surface area contributed by atoms with Crippen molar-refractivity contribution >= 4 is 29.2 Å². The van der Waals surface area contributed by atoms with Gasteiger partial charge in [-0.1, -0.05) is 51.1 Å². The summed E-state index contributed by atoms with van der Waals surface area (Å²) in [6, 6.07) is 12.0. The van der Waals surface area contributed by atoms with Crippen LogP contribution < -0.4 is 15.2 Å². The van der Waals surface area contributed by atoms with E-state index in [9.17, 15) is 10.5 Å². The molecule has 0 saturated carbocycles. The minimum Gasteiger partial charge on any atom is -0.491 e. The fraction of sp³-hybridized carbons (Fsp3) is 0.481. The van der Waals surface area contributed by atoms with Gasteiger partial charge in [-0.2, -0.15) is 10.5 Å². The highest BCUT2D eigenvalue weighted by Crippen LogP contribution is 2.51. The highest BCUT2D eigenvalue weighted by molar-refractivity contribution is 8.02. The number of unbranched alkanes of at least 4 members (excludes halogenated alkanes) is 1. The molecule has 188 valence electrons. The summed E-state index contributed by atoms with van der Waals surface area (Å²) in [6.45, 7) is 10.4. The van der Waals surface area contributed by atoms with Gasteiger partial charge in [0.25, 0.3) is 0 Å². The summed E-state index contributed by atoms with van der Waals surface area (Å²) in [5.74, 6) is 1.96. The Kier molecular flexibility index (Phi) is 12.7. The van der Waals surface area contributed by atoms with Gasteiger partial charge < -0.3 is 19.9 Å². The lowest BCUT2D eigenvalue weighted by atomic mass is 10.1. The number of rotatable bonds is 15. The number of thioether (sulfide) groups is 1. The molecule has 2 rings (SSSR count). The van der Waals surface area contributed by atoms with E-state index in [0.717, 1.165) is 33.9 Å². The van der Waals surface area contributed by atoms with E-state index in [-0.39, 0.29) is 11.1 Å². The van der Waals surface area contributed by atoms with E-state index >= 15 is 0 Å². The molecule has 0 aliphatic heterocycles. The third-order valence-electron chi connectivity index (χ3n) is 5.04. The number of nitriles is 2. The van der Waals surface area contributed by atoms with E-state index in [1.165, 1.54) is 11.8 Å². The lowest BCUT2D eigenvalue weighted by molar-refractivity contribution is 0.164. The largest absolute Gasteiger partial charge is 0.491 e. The first-order valence-electron chi connectivity index (χ1n) is 12.0. The molecule has 8 heteroatoms. The minimum absolute atomic E-state index is 0.203. The van der Waals surface area contributed by atoms with Crippen molar-refractivity contribution in [2.24, 2.45) is 5.92 Å². The van der Waals surface area contributed by atoms with Crippen LogP contribution in [0.2, 0.25) is 0 Å². The number of hydrogen-bond donors (Lipinski definition) is 1. The van der Waals surface area contributed by atoms with Gasteiger partial charge >= 0.3 is 0 Å². The van der Waals surface area contributed by atoms with Crippen LogP contribution in [-0.4, -0.2) is 32.2 Å². The Morgan fingerprint density at radius 3 is 2.20 bits per heavy atom. The summed E-state index contributed by atoms with van der Waals surface area (Å²) in [7, 11) is 0. The summed E-state index contributed by atoms with van der Waals surface area (Å²) in [6.07, 6.45) is 2.62. The second-order valence-corrected chi connectivity index (χ2v) is 10.4. The summed E-state index contributed by atoms with van der Waals surface area (Å²) >= 11 is 2.99. The van der Waals surface area contributed by atoms with E-state index in [1.54, 1.807) is 11.8 Å². The van der Waals surface area contributed by atoms with Crippen molar-refractivity contribution in [1.82, 2.24) is 0 Å². The molecule has 0 spiro atoms. The van der Waals surface area contributed by atoms with Crippen molar-refractivity contribution < 1.29 is 14.2 Å². The van der Waals surface area contributed by atoms with Crippen molar-refractivity contribution in [1.29, 1.82) is 10.5 Å². The Balaban J connectivity index is 2.73. The third-order valence-corrected chi connectivity index (χ3v) is 7.41. The van der Waals surface area contributed by atoms with Gasteiger partial charge in [0.15, 0.2) is 11.5 Å². The van der Waals surface area contributed by atoms with Crippen LogP contribution in [0.1, 0.15) is 58.1 Å². The fourth-order valence-corrected chi connectivity index (χ4v) is 5.33. The van der Waals surface area contributed by atoms with Crippen molar-refractivity contribution in [2.45, 2.75) is 61.6 Å². The highest BCUT2D eigenvalue weighted by Gasteiger charge is 2.28. The smallest absolute Gasteiger partial charge is 0.153 e. The molecule has 2 N–H and O–H groups in total. The van der Waals surface area contributed by atoms with E-state index in [1.807, 2.05) is 31.2 Å². The average Bonchev–Trinajstić information content (AvgIpc) is 2.84. The van der Waals surface area contributed by atoms with Crippen molar-refractivity contribution in [3.63, 3.8) is 0 Å². The summed E-state index contributed by atoms with van der Waals surface area (Å²) in [5.41, 5.74) is 7.32. The van der Waals surface area contributed by atoms with E-state index in [4.69, 9.17) is 19.9 Å². The van der Waals surface area contributed by atoms with Crippen LogP contribution >= 0.6 is 23.5 Å². The molecular formula is C27H35N3O3S2. The Labute approximate surface area is 218 Å². The van der Waals surface area contributed by atoms with Gasteiger partial charge in [0.2, 0.25) is 0 Å². The van der Waals surface area contributed by atoms with Gasteiger partial charge in [0.1, 0.15) is 23.3 Å². The molecule has 6 nitrogen and oxygen atoms in total. The zero-order valence-corrected chi connectivity index (χ0v) is 22.7. The predicted molar refractivity (Wildman–Crippen MR) is 143 cm³/mol. The van der Waals surface area contributed by atoms with Crippen LogP contribution in [0.25, 0.3) is 0 Å². The van der Waals surface area contributed by atoms with Gasteiger partial charge in [0, 0.05) is 22.9 Å². The Morgan fingerprint density at radius 2 is 1.60 bits per heavy atom. The van der Waals surface area contributed by atoms with Crippen LogP contribution in [0.5, 0.6) is 11.5 Å². The normalized spacial score (nSPS) is 10.7. The summed E-state index contributed by atoms with van der Waals surface area (Å²) in [4.78, 5) is 2.38. The molecule has 0 aliphatic rings. The molecule has 0 atom stereocenters.